The molecule has 0 heterocycles. The maximum Gasteiger partial charge on any atom is 0.287 e. The number of nitro benzene ring substituents is 1. The Morgan fingerprint density at radius 2 is 2.11 bits per heavy atom. The maximum atomic E-state index is 10.7. The van der Waals surface area contributed by atoms with E-state index in [9.17, 15) is 10.1 Å². The lowest BCUT2D eigenvalue weighted by Gasteiger charge is -2.20. The highest BCUT2D eigenvalue weighted by atomic mass is 79.9. The van der Waals surface area contributed by atoms with Gasteiger partial charge in [-0.05, 0) is 42.8 Å². The summed E-state index contributed by atoms with van der Waals surface area (Å²) in [6, 6.07) is 4.74. The highest BCUT2D eigenvalue weighted by Gasteiger charge is 2.15. The zero-order valence-electron chi connectivity index (χ0n) is 10.7. The van der Waals surface area contributed by atoms with Crippen LogP contribution in [0.3, 0.4) is 0 Å². The number of rotatable bonds is 5. The van der Waals surface area contributed by atoms with E-state index in [0.29, 0.717) is 23.4 Å². The number of halogens is 1. The SMILES string of the molecule is CC(C)(C)NCCOc1cccc([N+](=O)[O-])c1Br. The normalized spacial score (nSPS) is 11.3. The molecule has 0 atom stereocenters. The molecular weight excluding hydrogens is 300 g/mol. The van der Waals surface area contributed by atoms with E-state index in [1.807, 2.05) is 0 Å². The number of nitrogens with zero attached hydrogens (tertiary/aromatic N) is 1. The third-order valence-corrected chi connectivity index (χ3v) is 2.95. The number of nitro groups is 1. The summed E-state index contributed by atoms with van der Waals surface area (Å²) in [6.45, 7) is 7.33. The molecule has 18 heavy (non-hydrogen) atoms. The molecule has 0 radical (unpaired) electrons. The Morgan fingerprint density at radius 3 is 2.67 bits per heavy atom. The van der Waals surface area contributed by atoms with Crippen LogP contribution in [0.15, 0.2) is 22.7 Å². The Morgan fingerprint density at radius 1 is 1.44 bits per heavy atom. The summed E-state index contributed by atoms with van der Waals surface area (Å²) in [5.74, 6) is 0.486. The van der Waals surface area contributed by atoms with Crippen molar-refractivity contribution in [3.63, 3.8) is 0 Å². The number of hydrogen-bond acceptors (Lipinski definition) is 4. The molecule has 0 unspecified atom stereocenters. The van der Waals surface area contributed by atoms with Gasteiger partial charge >= 0.3 is 0 Å². The first kappa shape index (κ1) is 14.9. The lowest BCUT2D eigenvalue weighted by atomic mass is 10.1. The van der Waals surface area contributed by atoms with Gasteiger partial charge in [0.05, 0.1) is 4.92 Å². The van der Waals surface area contributed by atoms with Gasteiger partial charge in [0.15, 0.2) is 0 Å². The van der Waals surface area contributed by atoms with Crippen LogP contribution < -0.4 is 10.1 Å². The van der Waals surface area contributed by atoms with Crippen LogP contribution in [0, 0.1) is 10.1 Å². The van der Waals surface area contributed by atoms with Gasteiger partial charge in [-0.25, -0.2) is 0 Å². The Balaban J connectivity index is 2.58. The quantitative estimate of drug-likeness (QED) is 0.515. The van der Waals surface area contributed by atoms with E-state index in [4.69, 9.17) is 4.74 Å². The van der Waals surface area contributed by atoms with E-state index >= 15 is 0 Å². The van der Waals surface area contributed by atoms with Crippen molar-refractivity contribution in [2.45, 2.75) is 26.3 Å². The van der Waals surface area contributed by atoms with Crippen molar-refractivity contribution in [2.75, 3.05) is 13.2 Å². The molecule has 0 saturated heterocycles. The molecule has 1 aromatic rings. The van der Waals surface area contributed by atoms with Gasteiger partial charge in [-0.15, -0.1) is 0 Å². The zero-order chi connectivity index (χ0) is 13.8. The average molecular weight is 317 g/mol. The van der Waals surface area contributed by atoms with Crippen LogP contribution in [-0.2, 0) is 0 Å². The Labute approximate surface area is 115 Å². The van der Waals surface area contributed by atoms with Crippen LogP contribution in [0.2, 0.25) is 0 Å². The fourth-order valence-corrected chi connectivity index (χ4v) is 1.86. The second-order valence-corrected chi connectivity index (χ2v) is 5.66. The first-order valence-electron chi connectivity index (χ1n) is 5.62. The van der Waals surface area contributed by atoms with Crippen LogP contribution >= 0.6 is 15.9 Å². The van der Waals surface area contributed by atoms with E-state index in [1.165, 1.54) is 6.07 Å². The third kappa shape index (κ3) is 4.62. The second-order valence-electron chi connectivity index (χ2n) is 4.87. The van der Waals surface area contributed by atoms with Crippen molar-refractivity contribution in [1.82, 2.24) is 5.32 Å². The highest BCUT2D eigenvalue weighted by molar-refractivity contribution is 9.10. The van der Waals surface area contributed by atoms with Gasteiger partial charge in [-0.3, -0.25) is 10.1 Å². The van der Waals surface area contributed by atoms with E-state index in [2.05, 4.69) is 42.0 Å². The molecule has 1 rings (SSSR count). The van der Waals surface area contributed by atoms with Gasteiger partial charge in [-0.1, -0.05) is 6.07 Å². The minimum atomic E-state index is -0.440. The fourth-order valence-electron chi connectivity index (χ4n) is 1.34. The molecule has 1 aromatic carbocycles. The first-order valence-corrected chi connectivity index (χ1v) is 6.41. The van der Waals surface area contributed by atoms with Gasteiger partial charge in [0.2, 0.25) is 0 Å². The van der Waals surface area contributed by atoms with E-state index in [-0.39, 0.29) is 11.2 Å². The monoisotopic (exact) mass is 316 g/mol. The van der Waals surface area contributed by atoms with Crippen molar-refractivity contribution in [3.8, 4) is 5.75 Å². The molecule has 0 aliphatic carbocycles. The smallest absolute Gasteiger partial charge is 0.287 e. The predicted molar refractivity (Wildman–Crippen MR) is 74.0 cm³/mol. The molecule has 0 bridgehead atoms. The van der Waals surface area contributed by atoms with Crippen molar-refractivity contribution < 1.29 is 9.66 Å². The summed E-state index contributed by atoms with van der Waals surface area (Å²) >= 11 is 3.19. The minimum absolute atomic E-state index is 0.0104. The standard InChI is InChI=1S/C12H17BrN2O3/c1-12(2,3)14-7-8-18-10-6-4-5-9(11(10)13)15(16)17/h4-6,14H,7-8H2,1-3H3. The summed E-state index contributed by atoms with van der Waals surface area (Å²) in [5.41, 5.74) is 0.0415. The van der Waals surface area contributed by atoms with Crippen LogP contribution in [-0.4, -0.2) is 23.6 Å². The zero-order valence-corrected chi connectivity index (χ0v) is 12.3. The van der Waals surface area contributed by atoms with Crippen LogP contribution in [0.5, 0.6) is 5.75 Å². The molecule has 0 aliphatic rings. The molecular formula is C12H17BrN2O3. The van der Waals surface area contributed by atoms with Gasteiger partial charge < -0.3 is 10.1 Å². The van der Waals surface area contributed by atoms with Gasteiger partial charge in [0, 0.05) is 18.2 Å². The Kier molecular flexibility index (Phi) is 5.10. The molecule has 1 N–H and O–H groups in total. The first-order chi connectivity index (χ1) is 8.31. The molecule has 0 spiro atoms. The third-order valence-electron chi connectivity index (χ3n) is 2.15. The highest BCUT2D eigenvalue weighted by Crippen LogP contribution is 2.33. The van der Waals surface area contributed by atoms with Crippen LogP contribution in [0.1, 0.15) is 20.8 Å². The summed E-state index contributed by atoms with van der Waals surface area (Å²) in [6.07, 6.45) is 0. The summed E-state index contributed by atoms with van der Waals surface area (Å²) in [5, 5.41) is 14.0. The number of benzene rings is 1. The molecule has 0 aromatic heterocycles. The van der Waals surface area contributed by atoms with E-state index in [0.717, 1.165) is 0 Å². The minimum Gasteiger partial charge on any atom is -0.491 e. The van der Waals surface area contributed by atoms with Gasteiger partial charge in [-0.2, -0.15) is 0 Å². The Hall–Kier alpha value is -1.14. The number of hydrogen-bond donors (Lipinski definition) is 1. The van der Waals surface area contributed by atoms with Crippen molar-refractivity contribution >= 4 is 21.6 Å². The lowest BCUT2D eigenvalue weighted by Crippen LogP contribution is -2.38. The van der Waals surface area contributed by atoms with Gasteiger partial charge in [0.1, 0.15) is 16.8 Å². The molecule has 6 heteroatoms. The molecule has 0 saturated carbocycles. The summed E-state index contributed by atoms with van der Waals surface area (Å²) in [4.78, 5) is 10.3. The largest absolute Gasteiger partial charge is 0.491 e. The van der Waals surface area contributed by atoms with Crippen LogP contribution in [0.25, 0.3) is 0 Å². The van der Waals surface area contributed by atoms with E-state index < -0.39 is 4.92 Å². The summed E-state index contributed by atoms with van der Waals surface area (Å²) in [7, 11) is 0. The predicted octanol–water partition coefficient (Wildman–Crippen LogP) is 3.12. The second kappa shape index (κ2) is 6.15. The molecule has 0 amide bonds. The van der Waals surface area contributed by atoms with E-state index in [1.54, 1.807) is 12.1 Å². The maximum absolute atomic E-state index is 10.7. The van der Waals surface area contributed by atoms with Crippen molar-refractivity contribution in [3.05, 3.63) is 32.8 Å². The van der Waals surface area contributed by atoms with Crippen molar-refractivity contribution in [2.24, 2.45) is 0 Å². The van der Waals surface area contributed by atoms with Crippen molar-refractivity contribution in [1.29, 1.82) is 0 Å². The van der Waals surface area contributed by atoms with Crippen LogP contribution in [0.4, 0.5) is 5.69 Å². The average Bonchev–Trinajstić information content (AvgIpc) is 2.24. The Bertz CT molecular complexity index is 430. The molecule has 0 aliphatic heterocycles. The topological polar surface area (TPSA) is 64.4 Å². The number of nitrogens with one attached hydrogen (secondary N) is 1. The molecule has 5 nitrogen and oxygen atoms in total. The summed E-state index contributed by atoms with van der Waals surface area (Å²) < 4.78 is 5.89. The molecule has 100 valence electrons. The molecule has 0 fully saturated rings. The lowest BCUT2D eigenvalue weighted by molar-refractivity contribution is -0.385. The van der Waals surface area contributed by atoms with Gasteiger partial charge in [0.25, 0.3) is 5.69 Å². The number of ether oxygens (including phenoxy) is 1. The fraction of sp³-hybridized carbons (Fsp3) is 0.500.